The van der Waals surface area contributed by atoms with Crippen molar-refractivity contribution in [3.8, 4) is 0 Å². The summed E-state index contributed by atoms with van der Waals surface area (Å²) in [6.45, 7) is 7.39. The Kier molecular flexibility index (Phi) is 4.50. The second-order valence-corrected chi connectivity index (χ2v) is 6.57. The van der Waals surface area contributed by atoms with Gasteiger partial charge in [0.2, 0.25) is 0 Å². The zero-order valence-electron chi connectivity index (χ0n) is 12.6. The molecule has 0 radical (unpaired) electrons. The molecule has 1 aliphatic rings. The molecular formula is C15H19BClFO3. The van der Waals surface area contributed by atoms with Gasteiger partial charge < -0.3 is 14.4 Å². The fraction of sp³-hybridized carbons (Fsp3) is 0.467. The van der Waals surface area contributed by atoms with Crippen molar-refractivity contribution in [3.63, 3.8) is 0 Å². The Morgan fingerprint density at radius 2 is 1.86 bits per heavy atom. The van der Waals surface area contributed by atoms with Crippen molar-refractivity contribution >= 4 is 24.8 Å². The second kappa shape index (κ2) is 5.73. The molecule has 0 spiro atoms. The highest BCUT2D eigenvalue weighted by Crippen LogP contribution is 2.38. The van der Waals surface area contributed by atoms with Crippen LogP contribution in [0.3, 0.4) is 0 Å². The third-order valence-electron chi connectivity index (χ3n) is 4.04. The van der Waals surface area contributed by atoms with Gasteiger partial charge in [0, 0.05) is 10.6 Å². The maximum absolute atomic E-state index is 13.8. The van der Waals surface area contributed by atoms with E-state index in [1.54, 1.807) is 0 Å². The molecule has 0 aliphatic carbocycles. The van der Waals surface area contributed by atoms with Crippen molar-refractivity contribution in [1.82, 2.24) is 0 Å². The average Bonchev–Trinajstić information content (AvgIpc) is 2.59. The summed E-state index contributed by atoms with van der Waals surface area (Å²) >= 11 is 5.87. The fourth-order valence-corrected chi connectivity index (χ4v) is 2.19. The van der Waals surface area contributed by atoms with Gasteiger partial charge in [-0.05, 0) is 51.4 Å². The molecule has 0 bridgehead atoms. The molecule has 0 unspecified atom stereocenters. The van der Waals surface area contributed by atoms with Crippen LogP contribution in [0.15, 0.2) is 23.7 Å². The average molecular weight is 313 g/mol. The van der Waals surface area contributed by atoms with Crippen LogP contribution < -0.4 is 0 Å². The van der Waals surface area contributed by atoms with E-state index in [9.17, 15) is 9.50 Å². The second-order valence-electron chi connectivity index (χ2n) is 6.13. The van der Waals surface area contributed by atoms with Crippen LogP contribution in [0, 0.1) is 5.82 Å². The number of rotatable bonds is 3. The van der Waals surface area contributed by atoms with E-state index in [0.717, 1.165) is 0 Å². The molecule has 0 atom stereocenters. The lowest BCUT2D eigenvalue weighted by molar-refractivity contribution is 0.00578. The summed E-state index contributed by atoms with van der Waals surface area (Å²) in [6, 6.07) is 4.26. The first kappa shape index (κ1) is 16.5. The van der Waals surface area contributed by atoms with E-state index < -0.39 is 24.1 Å². The van der Waals surface area contributed by atoms with E-state index in [0.29, 0.717) is 16.1 Å². The molecule has 1 aromatic carbocycles. The van der Waals surface area contributed by atoms with Gasteiger partial charge in [-0.2, -0.15) is 0 Å². The van der Waals surface area contributed by atoms with Gasteiger partial charge in [-0.3, -0.25) is 0 Å². The Morgan fingerprint density at radius 1 is 1.29 bits per heavy atom. The zero-order valence-corrected chi connectivity index (χ0v) is 13.4. The van der Waals surface area contributed by atoms with Crippen LogP contribution >= 0.6 is 11.6 Å². The minimum Gasteiger partial charge on any atom is -0.400 e. The molecule has 1 aliphatic heterocycles. The van der Waals surface area contributed by atoms with E-state index in [2.05, 4.69) is 0 Å². The van der Waals surface area contributed by atoms with Crippen LogP contribution in [0.4, 0.5) is 4.39 Å². The minimum atomic E-state index is -0.710. The van der Waals surface area contributed by atoms with E-state index >= 15 is 0 Å². The van der Waals surface area contributed by atoms with Gasteiger partial charge in [-0.25, -0.2) is 4.39 Å². The fourth-order valence-electron chi connectivity index (χ4n) is 2.01. The maximum Gasteiger partial charge on any atom is 0.492 e. The summed E-state index contributed by atoms with van der Waals surface area (Å²) in [4.78, 5) is 0. The highest BCUT2D eigenvalue weighted by atomic mass is 35.5. The Balaban J connectivity index is 2.33. The predicted octanol–water partition coefficient (Wildman–Crippen LogP) is 3.49. The van der Waals surface area contributed by atoms with Crippen molar-refractivity contribution in [2.45, 2.75) is 38.9 Å². The van der Waals surface area contributed by atoms with Crippen LogP contribution in [0.5, 0.6) is 0 Å². The maximum atomic E-state index is 13.8. The Morgan fingerprint density at radius 3 is 2.38 bits per heavy atom. The monoisotopic (exact) mass is 312 g/mol. The van der Waals surface area contributed by atoms with Crippen LogP contribution in [-0.4, -0.2) is 30.0 Å². The molecule has 1 aromatic rings. The third-order valence-corrected chi connectivity index (χ3v) is 4.27. The van der Waals surface area contributed by atoms with Gasteiger partial charge in [-0.15, -0.1) is 0 Å². The van der Waals surface area contributed by atoms with Gasteiger partial charge in [0.1, 0.15) is 5.82 Å². The summed E-state index contributed by atoms with van der Waals surface area (Å²) in [5.74, 6) is -0.415. The summed E-state index contributed by atoms with van der Waals surface area (Å²) in [7, 11) is -0.710. The van der Waals surface area contributed by atoms with Gasteiger partial charge in [0.05, 0.1) is 17.8 Å². The number of halogens is 2. The molecule has 2 rings (SSSR count). The van der Waals surface area contributed by atoms with Crippen LogP contribution in [0.1, 0.15) is 33.3 Å². The number of hydrogen-bond acceptors (Lipinski definition) is 3. The van der Waals surface area contributed by atoms with Crippen molar-refractivity contribution in [3.05, 3.63) is 40.1 Å². The summed E-state index contributed by atoms with van der Waals surface area (Å²) in [5, 5.41) is 9.99. The van der Waals surface area contributed by atoms with Gasteiger partial charge in [0.15, 0.2) is 0 Å². The van der Waals surface area contributed by atoms with Crippen LogP contribution in [-0.2, 0) is 9.31 Å². The molecule has 21 heavy (non-hydrogen) atoms. The molecule has 0 amide bonds. The topological polar surface area (TPSA) is 38.7 Å². The molecule has 0 saturated carbocycles. The number of benzene rings is 1. The smallest absolute Gasteiger partial charge is 0.400 e. The zero-order chi connectivity index (χ0) is 15.8. The SMILES string of the molecule is CC1(C)OB(C(=Cc2cc(Cl)ccc2F)CO)OC1(C)C. The van der Waals surface area contributed by atoms with E-state index in [4.69, 9.17) is 20.9 Å². The lowest BCUT2D eigenvalue weighted by Crippen LogP contribution is -2.41. The third kappa shape index (κ3) is 3.32. The Labute approximate surface area is 129 Å². The van der Waals surface area contributed by atoms with Gasteiger partial charge >= 0.3 is 7.12 Å². The number of hydrogen-bond donors (Lipinski definition) is 1. The lowest BCUT2D eigenvalue weighted by atomic mass is 9.77. The van der Waals surface area contributed by atoms with Crippen LogP contribution in [0.2, 0.25) is 5.02 Å². The Bertz CT molecular complexity index is 556. The quantitative estimate of drug-likeness (QED) is 0.868. The Hall–Kier alpha value is -0.875. The molecule has 1 saturated heterocycles. The van der Waals surface area contributed by atoms with Gasteiger partial charge in [0.25, 0.3) is 0 Å². The first-order valence-corrected chi connectivity index (χ1v) is 7.16. The number of aliphatic hydroxyl groups is 1. The molecule has 1 heterocycles. The number of aliphatic hydroxyl groups excluding tert-OH is 1. The highest BCUT2D eigenvalue weighted by molar-refractivity contribution is 6.55. The molecule has 6 heteroatoms. The van der Waals surface area contributed by atoms with Crippen molar-refractivity contribution < 1.29 is 18.8 Å². The van der Waals surface area contributed by atoms with E-state index in [1.807, 2.05) is 27.7 Å². The van der Waals surface area contributed by atoms with Crippen molar-refractivity contribution in [1.29, 1.82) is 0 Å². The summed E-state index contributed by atoms with van der Waals surface area (Å²) < 4.78 is 25.5. The molecular weight excluding hydrogens is 293 g/mol. The highest BCUT2D eigenvalue weighted by Gasteiger charge is 2.52. The molecule has 3 nitrogen and oxygen atoms in total. The molecule has 1 fully saturated rings. The predicted molar refractivity (Wildman–Crippen MR) is 82.6 cm³/mol. The lowest BCUT2D eigenvalue weighted by Gasteiger charge is -2.32. The van der Waals surface area contributed by atoms with Crippen molar-refractivity contribution in [2.24, 2.45) is 0 Å². The van der Waals surface area contributed by atoms with Crippen LogP contribution in [0.25, 0.3) is 6.08 Å². The van der Waals surface area contributed by atoms with E-state index in [-0.39, 0.29) is 6.61 Å². The first-order valence-electron chi connectivity index (χ1n) is 6.78. The molecule has 114 valence electrons. The first-order chi connectivity index (χ1) is 9.66. The van der Waals surface area contributed by atoms with Gasteiger partial charge in [-0.1, -0.05) is 17.7 Å². The molecule has 1 N–H and O–H groups in total. The normalized spacial score (nSPS) is 20.9. The minimum absolute atomic E-state index is 0.289. The standard InChI is InChI=1S/C15H19BClFO3/c1-14(2)15(3,4)21-16(20-14)11(9-19)7-10-8-12(17)5-6-13(10)18/h5-8,19H,9H2,1-4H3. The molecule has 0 aromatic heterocycles. The summed E-state index contributed by atoms with van der Waals surface area (Å²) in [6.07, 6.45) is 1.52. The van der Waals surface area contributed by atoms with E-state index in [1.165, 1.54) is 24.3 Å². The largest absolute Gasteiger partial charge is 0.492 e. The summed E-state index contributed by atoms with van der Waals surface area (Å²) in [5.41, 5.74) is -0.284. The van der Waals surface area contributed by atoms with Crippen molar-refractivity contribution in [2.75, 3.05) is 6.61 Å².